The number of rotatable bonds is 4. The summed E-state index contributed by atoms with van der Waals surface area (Å²) in [6.45, 7) is 2.75. The SMILES string of the molecule is COc1cc(F)ccc1N1CCN(C(=O)CC2(N)CCC2)CC1. The molecule has 1 aromatic rings. The number of carbonyl (C=O) groups is 1. The van der Waals surface area contributed by atoms with E-state index in [0.717, 1.165) is 24.9 Å². The van der Waals surface area contributed by atoms with Crippen LogP contribution in [0.4, 0.5) is 10.1 Å². The summed E-state index contributed by atoms with van der Waals surface area (Å²) in [5.41, 5.74) is 6.77. The van der Waals surface area contributed by atoms with Gasteiger partial charge in [0.25, 0.3) is 0 Å². The maximum Gasteiger partial charge on any atom is 0.224 e. The lowest BCUT2D eigenvalue weighted by atomic mass is 9.75. The van der Waals surface area contributed by atoms with Crippen molar-refractivity contribution in [2.75, 3.05) is 38.2 Å². The van der Waals surface area contributed by atoms with Crippen molar-refractivity contribution in [3.05, 3.63) is 24.0 Å². The Hall–Kier alpha value is -1.82. The summed E-state index contributed by atoms with van der Waals surface area (Å²) in [5, 5.41) is 0. The molecule has 1 aliphatic carbocycles. The molecule has 5 nitrogen and oxygen atoms in total. The van der Waals surface area contributed by atoms with Gasteiger partial charge in [-0.1, -0.05) is 0 Å². The average Bonchev–Trinajstić information content (AvgIpc) is 2.53. The molecule has 0 spiro atoms. The number of anilines is 1. The van der Waals surface area contributed by atoms with Gasteiger partial charge in [0.2, 0.25) is 5.91 Å². The van der Waals surface area contributed by atoms with Crippen molar-refractivity contribution in [2.24, 2.45) is 5.73 Å². The fourth-order valence-corrected chi connectivity index (χ4v) is 3.33. The van der Waals surface area contributed by atoms with E-state index < -0.39 is 0 Å². The van der Waals surface area contributed by atoms with E-state index in [1.807, 2.05) is 4.90 Å². The lowest BCUT2D eigenvalue weighted by molar-refractivity contribution is -0.133. The topological polar surface area (TPSA) is 58.8 Å². The highest BCUT2D eigenvalue weighted by molar-refractivity contribution is 5.78. The average molecular weight is 321 g/mol. The largest absolute Gasteiger partial charge is 0.494 e. The van der Waals surface area contributed by atoms with Crippen LogP contribution in [0.3, 0.4) is 0 Å². The number of nitrogens with zero attached hydrogens (tertiary/aromatic N) is 2. The van der Waals surface area contributed by atoms with Crippen LogP contribution in [0.2, 0.25) is 0 Å². The maximum atomic E-state index is 13.3. The predicted molar refractivity (Wildman–Crippen MR) is 87.1 cm³/mol. The van der Waals surface area contributed by atoms with Gasteiger partial charge in [0.1, 0.15) is 11.6 Å². The third-order valence-corrected chi connectivity index (χ3v) is 4.97. The predicted octanol–water partition coefficient (Wildman–Crippen LogP) is 1.75. The third kappa shape index (κ3) is 3.42. The zero-order chi connectivity index (χ0) is 16.4. The van der Waals surface area contributed by atoms with Crippen LogP contribution in [-0.2, 0) is 4.79 Å². The minimum atomic E-state index is -0.312. The van der Waals surface area contributed by atoms with Crippen molar-refractivity contribution in [1.29, 1.82) is 0 Å². The number of methoxy groups -OCH3 is 1. The molecule has 6 heteroatoms. The third-order valence-electron chi connectivity index (χ3n) is 4.97. The molecule has 1 heterocycles. The summed E-state index contributed by atoms with van der Waals surface area (Å²) in [6, 6.07) is 4.56. The Morgan fingerprint density at radius 2 is 2.00 bits per heavy atom. The monoisotopic (exact) mass is 321 g/mol. The van der Waals surface area contributed by atoms with Gasteiger partial charge in [-0.15, -0.1) is 0 Å². The van der Waals surface area contributed by atoms with Crippen LogP contribution in [0.1, 0.15) is 25.7 Å². The van der Waals surface area contributed by atoms with E-state index in [-0.39, 0.29) is 17.3 Å². The standard InChI is InChI=1S/C17H24FN3O2/c1-23-15-11-13(18)3-4-14(15)20-7-9-21(10-8-20)16(22)12-17(19)5-2-6-17/h3-4,11H,2,5-10,12,19H2,1H3. The minimum Gasteiger partial charge on any atom is -0.494 e. The van der Waals surface area contributed by atoms with Crippen LogP contribution in [0.15, 0.2) is 18.2 Å². The Morgan fingerprint density at radius 3 is 2.57 bits per heavy atom. The number of ether oxygens (including phenoxy) is 1. The fourth-order valence-electron chi connectivity index (χ4n) is 3.33. The van der Waals surface area contributed by atoms with Gasteiger partial charge in [-0.25, -0.2) is 4.39 Å². The van der Waals surface area contributed by atoms with Crippen LogP contribution in [-0.4, -0.2) is 49.6 Å². The van der Waals surface area contributed by atoms with E-state index in [0.29, 0.717) is 38.3 Å². The van der Waals surface area contributed by atoms with E-state index in [9.17, 15) is 9.18 Å². The number of piperazine rings is 1. The van der Waals surface area contributed by atoms with Gasteiger partial charge in [0, 0.05) is 44.2 Å². The second-order valence-electron chi connectivity index (χ2n) is 6.58. The Bertz CT molecular complexity index is 581. The van der Waals surface area contributed by atoms with E-state index in [4.69, 9.17) is 10.5 Å². The highest BCUT2D eigenvalue weighted by Gasteiger charge is 2.36. The van der Waals surface area contributed by atoms with E-state index >= 15 is 0 Å². The zero-order valence-corrected chi connectivity index (χ0v) is 13.6. The summed E-state index contributed by atoms with van der Waals surface area (Å²) < 4.78 is 18.6. The van der Waals surface area contributed by atoms with Gasteiger partial charge in [-0.2, -0.15) is 0 Å². The quantitative estimate of drug-likeness (QED) is 0.918. The summed E-state index contributed by atoms with van der Waals surface area (Å²) in [6.07, 6.45) is 3.48. The van der Waals surface area contributed by atoms with Crippen LogP contribution < -0.4 is 15.4 Å². The normalized spacial score (nSPS) is 20.1. The molecule has 0 bridgehead atoms. The molecular formula is C17H24FN3O2. The van der Waals surface area contributed by atoms with Crippen molar-refractivity contribution in [1.82, 2.24) is 4.90 Å². The number of hydrogen-bond donors (Lipinski definition) is 1. The molecule has 0 aromatic heterocycles. The summed E-state index contributed by atoms with van der Waals surface area (Å²) in [7, 11) is 1.54. The molecule has 1 aromatic carbocycles. The van der Waals surface area contributed by atoms with E-state index in [2.05, 4.69) is 4.90 Å². The molecule has 2 fully saturated rings. The fraction of sp³-hybridized carbons (Fsp3) is 0.588. The van der Waals surface area contributed by atoms with Crippen molar-refractivity contribution >= 4 is 11.6 Å². The Morgan fingerprint density at radius 1 is 1.30 bits per heavy atom. The molecule has 0 unspecified atom stereocenters. The van der Waals surface area contributed by atoms with Gasteiger partial charge in [-0.3, -0.25) is 4.79 Å². The molecule has 3 rings (SSSR count). The first-order chi connectivity index (χ1) is 11.0. The lowest BCUT2D eigenvalue weighted by Gasteiger charge is -2.41. The summed E-state index contributed by atoms with van der Waals surface area (Å²) >= 11 is 0. The Kier molecular flexibility index (Phi) is 4.43. The lowest BCUT2D eigenvalue weighted by Crippen LogP contribution is -2.54. The molecule has 1 saturated heterocycles. The van der Waals surface area contributed by atoms with Crippen LogP contribution >= 0.6 is 0 Å². The molecule has 126 valence electrons. The number of halogens is 1. The maximum absolute atomic E-state index is 13.3. The molecule has 2 N–H and O–H groups in total. The number of carbonyl (C=O) groups excluding carboxylic acids is 1. The molecule has 1 aliphatic heterocycles. The number of amides is 1. The summed E-state index contributed by atoms with van der Waals surface area (Å²) in [4.78, 5) is 16.4. The molecule has 0 atom stereocenters. The number of benzene rings is 1. The van der Waals surface area contributed by atoms with E-state index in [1.165, 1.54) is 19.2 Å². The molecule has 1 saturated carbocycles. The van der Waals surface area contributed by atoms with E-state index in [1.54, 1.807) is 6.07 Å². The Balaban J connectivity index is 1.59. The molecule has 2 aliphatic rings. The van der Waals surface area contributed by atoms with Crippen LogP contribution in [0, 0.1) is 5.82 Å². The molecule has 1 amide bonds. The van der Waals surface area contributed by atoms with Gasteiger partial charge >= 0.3 is 0 Å². The zero-order valence-electron chi connectivity index (χ0n) is 13.6. The summed E-state index contributed by atoms with van der Waals surface area (Å²) in [5.74, 6) is 0.367. The van der Waals surface area contributed by atoms with Gasteiger partial charge in [-0.05, 0) is 31.4 Å². The highest BCUT2D eigenvalue weighted by atomic mass is 19.1. The first-order valence-corrected chi connectivity index (χ1v) is 8.16. The smallest absolute Gasteiger partial charge is 0.224 e. The second kappa shape index (κ2) is 6.35. The van der Waals surface area contributed by atoms with Crippen molar-refractivity contribution < 1.29 is 13.9 Å². The van der Waals surface area contributed by atoms with Crippen molar-refractivity contribution in [2.45, 2.75) is 31.2 Å². The van der Waals surface area contributed by atoms with Crippen molar-refractivity contribution in [3.63, 3.8) is 0 Å². The van der Waals surface area contributed by atoms with Crippen LogP contribution in [0.5, 0.6) is 5.75 Å². The number of hydrogen-bond acceptors (Lipinski definition) is 4. The molecule has 0 radical (unpaired) electrons. The number of nitrogens with two attached hydrogens (primary N) is 1. The highest BCUT2D eigenvalue weighted by Crippen LogP contribution is 2.33. The van der Waals surface area contributed by atoms with Crippen LogP contribution in [0.25, 0.3) is 0 Å². The second-order valence-corrected chi connectivity index (χ2v) is 6.58. The van der Waals surface area contributed by atoms with Crippen molar-refractivity contribution in [3.8, 4) is 5.75 Å². The minimum absolute atomic E-state index is 0.151. The first-order valence-electron chi connectivity index (χ1n) is 8.16. The molecular weight excluding hydrogens is 297 g/mol. The van der Waals surface area contributed by atoms with Gasteiger partial charge < -0.3 is 20.3 Å². The molecule has 23 heavy (non-hydrogen) atoms. The first kappa shape index (κ1) is 16.1. The van der Waals surface area contributed by atoms with Gasteiger partial charge in [0.15, 0.2) is 0 Å². The van der Waals surface area contributed by atoms with Gasteiger partial charge in [0.05, 0.1) is 12.8 Å². The Labute approximate surface area is 136 Å².